The summed E-state index contributed by atoms with van der Waals surface area (Å²) in [4.78, 5) is 12.8. The van der Waals surface area contributed by atoms with Crippen LogP contribution in [0.3, 0.4) is 0 Å². The van der Waals surface area contributed by atoms with E-state index in [1.807, 2.05) is 13.0 Å². The minimum atomic E-state index is -0.783. The van der Waals surface area contributed by atoms with Crippen LogP contribution in [0.25, 0.3) is 0 Å². The molecule has 6 atom stereocenters. The van der Waals surface area contributed by atoms with Crippen molar-refractivity contribution in [1.29, 1.82) is 0 Å². The first-order chi connectivity index (χ1) is 10.1. The highest BCUT2D eigenvalue weighted by Crippen LogP contribution is 2.68. The van der Waals surface area contributed by atoms with Crippen LogP contribution in [0.5, 0.6) is 0 Å². The molecule has 0 aliphatic heterocycles. The van der Waals surface area contributed by atoms with Gasteiger partial charge in [-0.2, -0.15) is 0 Å². The monoisotopic (exact) mass is 304 g/mol. The molecule has 0 aromatic rings. The van der Waals surface area contributed by atoms with Gasteiger partial charge in [0.2, 0.25) is 0 Å². The number of hydrogen-bond acceptors (Lipinski definition) is 2. The van der Waals surface area contributed by atoms with Gasteiger partial charge in [-0.3, -0.25) is 4.79 Å². The fraction of sp³-hybridized carbons (Fsp3) is 0.850. The van der Waals surface area contributed by atoms with Gasteiger partial charge in [0.25, 0.3) is 0 Å². The fourth-order valence-corrected chi connectivity index (χ4v) is 6.32. The van der Waals surface area contributed by atoms with Crippen molar-refractivity contribution >= 4 is 5.78 Å². The Morgan fingerprint density at radius 2 is 1.86 bits per heavy atom. The molecule has 2 heteroatoms. The average molecular weight is 304 g/mol. The van der Waals surface area contributed by atoms with E-state index in [0.717, 1.165) is 38.5 Å². The van der Waals surface area contributed by atoms with Gasteiger partial charge in [0.05, 0.1) is 5.60 Å². The summed E-state index contributed by atoms with van der Waals surface area (Å²) >= 11 is 0. The van der Waals surface area contributed by atoms with Gasteiger partial charge in [-0.15, -0.1) is 6.58 Å². The number of carbonyl (C=O) groups excluding carboxylic acids is 1. The van der Waals surface area contributed by atoms with E-state index >= 15 is 0 Å². The summed E-state index contributed by atoms with van der Waals surface area (Å²) in [6.07, 6.45) is 8.55. The third-order valence-corrected chi connectivity index (χ3v) is 8.05. The summed E-state index contributed by atoms with van der Waals surface area (Å²) in [5, 5.41) is 11.5. The Bertz CT molecular complexity index is 508. The first-order valence-electron chi connectivity index (χ1n) is 8.99. The van der Waals surface area contributed by atoms with Gasteiger partial charge in [-0.25, -0.2) is 0 Å². The molecule has 3 aliphatic carbocycles. The summed E-state index contributed by atoms with van der Waals surface area (Å²) in [6.45, 7) is 12.9. The summed E-state index contributed by atoms with van der Waals surface area (Å²) in [6, 6.07) is 0. The Hall–Kier alpha value is -0.630. The summed E-state index contributed by atoms with van der Waals surface area (Å²) in [5.74, 6) is 1.01. The van der Waals surface area contributed by atoms with Crippen LogP contribution < -0.4 is 0 Å². The van der Waals surface area contributed by atoms with Crippen LogP contribution in [-0.4, -0.2) is 16.5 Å². The number of aliphatic hydroxyl groups is 1. The maximum atomic E-state index is 12.8. The number of rotatable bonds is 1. The Kier molecular flexibility index (Phi) is 3.46. The molecule has 0 spiro atoms. The van der Waals surface area contributed by atoms with E-state index in [2.05, 4.69) is 27.4 Å². The molecule has 0 heterocycles. The maximum absolute atomic E-state index is 12.8. The standard InChI is InChI=1S/C20H32O2/c1-6-17(3)11-12-18(4)14(2)7-9-20(19(5,22)13-17)10-8-15(21)16(18)20/h6,14,16,22H,1,7-13H2,2-5H3. The predicted octanol–water partition coefficient (Wildman–Crippen LogP) is 4.52. The highest BCUT2D eigenvalue weighted by Gasteiger charge is 2.67. The van der Waals surface area contributed by atoms with E-state index in [9.17, 15) is 9.90 Å². The maximum Gasteiger partial charge on any atom is 0.137 e. The molecule has 1 N–H and O–H groups in total. The highest BCUT2D eigenvalue weighted by atomic mass is 16.3. The van der Waals surface area contributed by atoms with E-state index in [1.54, 1.807) is 0 Å². The number of ketones is 1. The van der Waals surface area contributed by atoms with Crippen molar-refractivity contribution in [3.63, 3.8) is 0 Å². The topological polar surface area (TPSA) is 37.3 Å². The van der Waals surface area contributed by atoms with Gasteiger partial charge in [0.15, 0.2) is 0 Å². The van der Waals surface area contributed by atoms with Crippen LogP contribution in [0, 0.1) is 28.1 Å². The van der Waals surface area contributed by atoms with Gasteiger partial charge in [0.1, 0.15) is 5.78 Å². The lowest BCUT2D eigenvalue weighted by molar-refractivity contribution is -0.189. The SMILES string of the molecule is C=CC1(C)CCC2(C)C(C)CCC3(CCC(=O)C23)C(C)(O)C1. The quantitative estimate of drug-likeness (QED) is 0.723. The van der Waals surface area contributed by atoms with Crippen molar-refractivity contribution in [2.45, 2.75) is 78.2 Å². The Labute approximate surface area is 135 Å². The third kappa shape index (κ3) is 1.92. The summed E-state index contributed by atoms with van der Waals surface area (Å²) in [7, 11) is 0. The van der Waals surface area contributed by atoms with Gasteiger partial charge in [-0.05, 0) is 62.2 Å². The van der Waals surface area contributed by atoms with E-state index in [1.165, 1.54) is 0 Å². The van der Waals surface area contributed by atoms with Gasteiger partial charge >= 0.3 is 0 Å². The van der Waals surface area contributed by atoms with E-state index in [-0.39, 0.29) is 22.2 Å². The Balaban J connectivity index is 2.17. The molecule has 3 aliphatic rings. The van der Waals surface area contributed by atoms with Crippen molar-refractivity contribution < 1.29 is 9.90 Å². The molecule has 0 aromatic carbocycles. The average Bonchev–Trinajstić information content (AvgIpc) is 2.80. The van der Waals surface area contributed by atoms with Crippen LogP contribution in [-0.2, 0) is 4.79 Å². The van der Waals surface area contributed by atoms with E-state index in [0.29, 0.717) is 18.1 Å². The molecule has 3 fully saturated rings. The molecule has 0 aromatic heterocycles. The van der Waals surface area contributed by atoms with Crippen molar-refractivity contribution in [3.8, 4) is 0 Å². The molecule has 0 amide bonds. The minimum Gasteiger partial charge on any atom is -0.390 e. The highest BCUT2D eigenvalue weighted by molar-refractivity contribution is 5.85. The second-order valence-electron chi connectivity index (χ2n) is 9.31. The smallest absolute Gasteiger partial charge is 0.137 e. The second kappa shape index (κ2) is 4.69. The number of hydrogen-bond donors (Lipinski definition) is 1. The van der Waals surface area contributed by atoms with Crippen molar-refractivity contribution in [3.05, 3.63) is 12.7 Å². The molecular formula is C20H32O2. The van der Waals surface area contributed by atoms with Gasteiger partial charge in [-0.1, -0.05) is 26.8 Å². The molecule has 22 heavy (non-hydrogen) atoms. The van der Waals surface area contributed by atoms with Gasteiger partial charge < -0.3 is 5.11 Å². The summed E-state index contributed by atoms with van der Waals surface area (Å²) < 4.78 is 0. The van der Waals surface area contributed by atoms with Crippen LogP contribution >= 0.6 is 0 Å². The van der Waals surface area contributed by atoms with E-state index in [4.69, 9.17) is 0 Å². The predicted molar refractivity (Wildman–Crippen MR) is 89.4 cm³/mol. The zero-order valence-corrected chi connectivity index (χ0v) is 14.7. The molecule has 6 unspecified atom stereocenters. The third-order valence-electron chi connectivity index (χ3n) is 8.05. The lowest BCUT2D eigenvalue weighted by Gasteiger charge is -2.61. The Morgan fingerprint density at radius 1 is 1.18 bits per heavy atom. The molecule has 0 saturated heterocycles. The fourth-order valence-electron chi connectivity index (χ4n) is 6.32. The largest absolute Gasteiger partial charge is 0.390 e. The van der Waals surface area contributed by atoms with Crippen LogP contribution in [0.1, 0.15) is 72.6 Å². The van der Waals surface area contributed by atoms with Crippen LogP contribution in [0.15, 0.2) is 12.7 Å². The summed E-state index contributed by atoms with van der Waals surface area (Å²) in [5.41, 5.74) is -1.00. The van der Waals surface area contributed by atoms with Crippen molar-refractivity contribution in [1.82, 2.24) is 0 Å². The molecule has 2 nitrogen and oxygen atoms in total. The minimum absolute atomic E-state index is 0.0283. The second-order valence-corrected chi connectivity index (χ2v) is 9.31. The van der Waals surface area contributed by atoms with Crippen molar-refractivity contribution in [2.24, 2.45) is 28.1 Å². The lowest BCUT2D eigenvalue weighted by Crippen LogP contribution is -2.61. The molecule has 2 bridgehead atoms. The molecule has 0 radical (unpaired) electrons. The molecule has 3 rings (SSSR count). The normalized spacial score (nSPS) is 55.2. The molecular weight excluding hydrogens is 272 g/mol. The number of allylic oxidation sites excluding steroid dienone is 1. The number of carbonyl (C=O) groups is 1. The molecule has 124 valence electrons. The number of Topliss-reactive ketones (excluding diaryl/α,β-unsaturated/α-hetero) is 1. The van der Waals surface area contributed by atoms with Crippen molar-refractivity contribution in [2.75, 3.05) is 0 Å². The zero-order valence-electron chi connectivity index (χ0n) is 14.7. The van der Waals surface area contributed by atoms with Crippen LogP contribution in [0.2, 0.25) is 0 Å². The van der Waals surface area contributed by atoms with Gasteiger partial charge in [0, 0.05) is 17.8 Å². The zero-order chi connectivity index (χ0) is 16.4. The Morgan fingerprint density at radius 3 is 2.50 bits per heavy atom. The first-order valence-corrected chi connectivity index (χ1v) is 8.99. The lowest BCUT2D eigenvalue weighted by atomic mass is 9.44. The van der Waals surface area contributed by atoms with Crippen LogP contribution in [0.4, 0.5) is 0 Å². The molecule has 3 saturated carbocycles. The first kappa shape index (κ1) is 16.2. The van der Waals surface area contributed by atoms with E-state index < -0.39 is 5.60 Å².